The maximum Gasteiger partial charge on any atom is 0.322 e. The number of carbonyl (C=O) groups is 1. The van der Waals surface area contributed by atoms with Crippen molar-refractivity contribution in [1.29, 1.82) is 0 Å². The van der Waals surface area contributed by atoms with E-state index in [-0.39, 0.29) is 12.1 Å². The molecule has 2 aliphatic rings. The van der Waals surface area contributed by atoms with Crippen molar-refractivity contribution >= 4 is 23.1 Å². The van der Waals surface area contributed by atoms with Crippen molar-refractivity contribution in [1.82, 2.24) is 10.1 Å². The molecule has 1 N–H and O–H groups in total. The van der Waals surface area contributed by atoms with Crippen LogP contribution in [0.4, 0.5) is 10.5 Å². The molecule has 1 aliphatic carbocycles. The molecule has 2 aromatic heterocycles. The van der Waals surface area contributed by atoms with E-state index in [0.717, 1.165) is 34.9 Å². The zero-order valence-corrected chi connectivity index (χ0v) is 13.8. The molecule has 122 valence electrons. The predicted molar refractivity (Wildman–Crippen MR) is 86.8 cm³/mol. The van der Waals surface area contributed by atoms with Crippen molar-refractivity contribution in [3.63, 3.8) is 0 Å². The van der Waals surface area contributed by atoms with Crippen LogP contribution in [0.15, 0.2) is 22.0 Å². The fourth-order valence-corrected chi connectivity index (χ4v) is 3.60. The number of ether oxygens (including phenoxy) is 1. The average molecular weight is 333 g/mol. The van der Waals surface area contributed by atoms with Gasteiger partial charge in [-0.3, -0.25) is 0 Å². The van der Waals surface area contributed by atoms with Crippen LogP contribution >= 0.6 is 11.3 Å². The Morgan fingerprint density at radius 1 is 1.48 bits per heavy atom. The summed E-state index contributed by atoms with van der Waals surface area (Å²) < 4.78 is 11.2. The van der Waals surface area contributed by atoms with E-state index in [4.69, 9.17) is 9.26 Å². The van der Waals surface area contributed by atoms with Gasteiger partial charge < -0.3 is 19.5 Å². The Bertz CT molecular complexity index is 693. The van der Waals surface area contributed by atoms with Crippen LogP contribution in [-0.4, -0.2) is 35.8 Å². The quantitative estimate of drug-likeness (QED) is 0.933. The Balaban J connectivity index is 1.45. The molecule has 3 heterocycles. The Kier molecular flexibility index (Phi) is 3.82. The van der Waals surface area contributed by atoms with E-state index < -0.39 is 0 Å². The Labute approximate surface area is 138 Å². The summed E-state index contributed by atoms with van der Waals surface area (Å²) in [5.74, 6) is 1.23. The molecule has 23 heavy (non-hydrogen) atoms. The number of hydrogen-bond acceptors (Lipinski definition) is 5. The van der Waals surface area contributed by atoms with E-state index >= 15 is 0 Å². The second kappa shape index (κ2) is 5.98. The second-order valence-electron chi connectivity index (χ2n) is 6.03. The number of morpholine rings is 1. The molecule has 0 spiro atoms. The van der Waals surface area contributed by atoms with Crippen LogP contribution in [0.5, 0.6) is 0 Å². The molecular formula is C16H19N3O3S. The number of aromatic nitrogens is 1. The first-order valence-corrected chi connectivity index (χ1v) is 8.77. The lowest BCUT2D eigenvalue weighted by atomic mass is 10.2. The molecule has 2 aromatic rings. The topological polar surface area (TPSA) is 67.6 Å². The van der Waals surface area contributed by atoms with Crippen LogP contribution in [0.25, 0.3) is 0 Å². The number of nitrogens with zero attached hydrogens (tertiary/aromatic N) is 2. The highest BCUT2D eigenvalue weighted by Crippen LogP contribution is 2.44. The van der Waals surface area contributed by atoms with Crippen molar-refractivity contribution in [2.24, 2.45) is 0 Å². The normalized spacial score (nSPS) is 21.4. The van der Waals surface area contributed by atoms with Gasteiger partial charge in [-0.15, -0.1) is 11.3 Å². The van der Waals surface area contributed by atoms with Gasteiger partial charge >= 0.3 is 6.03 Å². The molecule has 0 radical (unpaired) electrons. The number of anilines is 1. The molecule has 7 heteroatoms. The zero-order valence-electron chi connectivity index (χ0n) is 12.9. The predicted octanol–water partition coefficient (Wildman–Crippen LogP) is 3.53. The van der Waals surface area contributed by atoms with E-state index in [2.05, 4.69) is 10.5 Å². The molecule has 1 saturated heterocycles. The number of hydrogen-bond donors (Lipinski definition) is 1. The van der Waals surface area contributed by atoms with Crippen molar-refractivity contribution in [3.8, 4) is 0 Å². The highest BCUT2D eigenvalue weighted by atomic mass is 32.1. The van der Waals surface area contributed by atoms with E-state index in [1.807, 2.05) is 24.4 Å². The lowest BCUT2D eigenvalue weighted by molar-refractivity contribution is -0.0116. The zero-order chi connectivity index (χ0) is 15.8. The van der Waals surface area contributed by atoms with Gasteiger partial charge in [-0.05, 0) is 31.2 Å². The molecule has 0 bridgehead atoms. The lowest BCUT2D eigenvalue weighted by Crippen LogP contribution is -2.44. The maximum atomic E-state index is 12.6. The molecule has 0 aromatic carbocycles. The first kappa shape index (κ1) is 14.7. The fourth-order valence-electron chi connectivity index (χ4n) is 2.83. The Hall–Kier alpha value is -1.86. The SMILES string of the molecule is Cc1noc(C2CC2)c1NC(=O)N1CCOC(c2cccs2)C1. The summed E-state index contributed by atoms with van der Waals surface area (Å²) in [6.45, 7) is 3.57. The third kappa shape index (κ3) is 2.98. The minimum atomic E-state index is -0.108. The number of aryl methyl sites for hydroxylation is 1. The van der Waals surface area contributed by atoms with E-state index in [9.17, 15) is 4.79 Å². The summed E-state index contributed by atoms with van der Waals surface area (Å²) in [4.78, 5) is 15.6. The number of amides is 2. The van der Waals surface area contributed by atoms with Gasteiger partial charge in [0.2, 0.25) is 0 Å². The highest BCUT2D eigenvalue weighted by Gasteiger charge is 2.33. The minimum Gasteiger partial charge on any atom is -0.369 e. The van der Waals surface area contributed by atoms with Crippen LogP contribution in [0, 0.1) is 6.92 Å². The number of rotatable bonds is 3. The standard InChI is InChI=1S/C16H19N3O3S/c1-10-14(15(22-18-10)11-4-5-11)17-16(20)19-6-7-21-12(9-19)13-3-2-8-23-13/h2-3,8,11-12H,4-7,9H2,1H3,(H,17,20). The average Bonchev–Trinajstić information content (AvgIpc) is 3.13. The number of nitrogens with one attached hydrogen (secondary N) is 1. The van der Waals surface area contributed by atoms with Crippen LogP contribution in [0.3, 0.4) is 0 Å². The first-order chi connectivity index (χ1) is 11.2. The van der Waals surface area contributed by atoms with Crippen LogP contribution in [0.2, 0.25) is 0 Å². The van der Waals surface area contributed by atoms with Gasteiger partial charge in [0.05, 0.1) is 13.2 Å². The van der Waals surface area contributed by atoms with Crippen molar-refractivity contribution in [3.05, 3.63) is 33.8 Å². The molecule has 1 aliphatic heterocycles. The number of urea groups is 1. The molecule has 2 fully saturated rings. The second-order valence-corrected chi connectivity index (χ2v) is 7.01. The Morgan fingerprint density at radius 2 is 2.35 bits per heavy atom. The molecule has 4 rings (SSSR count). The third-order valence-corrected chi connectivity index (χ3v) is 5.25. The summed E-state index contributed by atoms with van der Waals surface area (Å²) in [6, 6.07) is 3.94. The highest BCUT2D eigenvalue weighted by molar-refractivity contribution is 7.10. The smallest absolute Gasteiger partial charge is 0.322 e. The molecule has 2 amide bonds. The Morgan fingerprint density at radius 3 is 3.09 bits per heavy atom. The molecule has 1 atom stereocenters. The van der Waals surface area contributed by atoms with E-state index in [1.165, 1.54) is 0 Å². The van der Waals surface area contributed by atoms with Crippen LogP contribution < -0.4 is 5.32 Å². The molecule has 6 nitrogen and oxygen atoms in total. The van der Waals surface area contributed by atoms with E-state index in [0.29, 0.717) is 25.6 Å². The maximum absolute atomic E-state index is 12.6. The van der Waals surface area contributed by atoms with Crippen LogP contribution in [-0.2, 0) is 4.74 Å². The summed E-state index contributed by atoms with van der Waals surface area (Å²) in [5, 5.41) is 9.02. The summed E-state index contributed by atoms with van der Waals surface area (Å²) in [7, 11) is 0. The van der Waals surface area contributed by atoms with Gasteiger partial charge in [0.25, 0.3) is 0 Å². The van der Waals surface area contributed by atoms with Gasteiger partial charge in [0.1, 0.15) is 17.5 Å². The molecular weight excluding hydrogens is 314 g/mol. The third-order valence-electron chi connectivity index (χ3n) is 4.28. The van der Waals surface area contributed by atoms with Crippen molar-refractivity contribution in [2.45, 2.75) is 31.8 Å². The summed E-state index contributed by atoms with van der Waals surface area (Å²) in [6.07, 6.45) is 2.17. The van der Waals surface area contributed by atoms with Gasteiger partial charge in [0, 0.05) is 17.3 Å². The summed E-state index contributed by atoms with van der Waals surface area (Å²) >= 11 is 1.66. The largest absolute Gasteiger partial charge is 0.369 e. The molecule has 1 saturated carbocycles. The minimum absolute atomic E-state index is 0.0408. The van der Waals surface area contributed by atoms with Crippen LogP contribution in [0.1, 0.15) is 41.2 Å². The van der Waals surface area contributed by atoms with Gasteiger partial charge in [0.15, 0.2) is 5.76 Å². The first-order valence-electron chi connectivity index (χ1n) is 7.89. The number of carbonyl (C=O) groups excluding carboxylic acids is 1. The number of thiophene rings is 1. The van der Waals surface area contributed by atoms with Gasteiger partial charge in [-0.1, -0.05) is 11.2 Å². The van der Waals surface area contributed by atoms with Crippen molar-refractivity contribution < 1.29 is 14.1 Å². The van der Waals surface area contributed by atoms with Gasteiger partial charge in [-0.25, -0.2) is 4.79 Å². The fraction of sp³-hybridized carbons (Fsp3) is 0.500. The lowest BCUT2D eigenvalue weighted by Gasteiger charge is -2.32. The van der Waals surface area contributed by atoms with Gasteiger partial charge in [-0.2, -0.15) is 0 Å². The van der Waals surface area contributed by atoms with E-state index in [1.54, 1.807) is 16.2 Å². The summed E-state index contributed by atoms with van der Waals surface area (Å²) in [5.41, 5.74) is 1.49. The van der Waals surface area contributed by atoms with Crippen molar-refractivity contribution in [2.75, 3.05) is 25.0 Å². The molecule has 1 unspecified atom stereocenters. The monoisotopic (exact) mass is 333 g/mol.